The number of nitrogens with zero attached hydrogens (tertiary/aromatic N) is 3. The predicted octanol–water partition coefficient (Wildman–Crippen LogP) is 4.80. The normalized spacial score (nSPS) is 14.8. The van der Waals surface area contributed by atoms with Crippen LogP contribution in [0.25, 0.3) is 21.9 Å². The van der Waals surface area contributed by atoms with Gasteiger partial charge in [-0.15, -0.1) is 0 Å². The molecule has 3 atom stereocenters. The van der Waals surface area contributed by atoms with Crippen LogP contribution in [0.1, 0.15) is 40.4 Å². The maximum absolute atomic E-state index is 14.1. The summed E-state index contributed by atoms with van der Waals surface area (Å²) in [5, 5.41) is 6.95. The van der Waals surface area contributed by atoms with E-state index in [1.807, 2.05) is 41.8 Å². The van der Waals surface area contributed by atoms with Crippen molar-refractivity contribution in [2.75, 3.05) is 12.3 Å². The van der Waals surface area contributed by atoms with E-state index in [9.17, 15) is 9.36 Å². The van der Waals surface area contributed by atoms with Crippen LogP contribution in [0.15, 0.2) is 54.6 Å². The first kappa shape index (κ1) is 29.5. The Hall–Kier alpha value is -3.50. The second kappa shape index (κ2) is 12.8. The minimum atomic E-state index is -4.06. The summed E-state index contributed by atoms with van der Waals surface area (Å²) in [6.45, 7) is 10.4. The second-order valence-electron chi connectivity index (χ2n) is 9.78. The number of nitrogen functional groups attached to an aromatic ring is 1. The number of rotatable bonds is 13. The molecule has 0 fully saturated rings. The van der Waals surface area contributed by atoms with Crippen LogP contribution in [0, 0.1) is 0 Å². The quantitative estimate of drug-likeness (QED) is 0.152. The summed E-state index contributed by atoms with van der Waals surface area (Å²) in [5.41, 5.74) is 8.46. The maximum Gasteiger partial charge on any atom is 0.459 e. The summed E-state index contributed by atoms with van der Waals surface area (Å²) in [5.74, 6) is 0.834. The highest BCUT2D eigenvalue weighted by atomic mass is 31.2. The van der Waals surface area contributed by atoms with Gasteiger partial charge in [0.2, 0.25) is 0 Å². The number of fused-ring (bicyclic) bond motifs is 3. The lowest BCUT2D eigenvalue weighted by Crippen LogP contribution is -2.37. The molecular formula is C28H37N6O5P. The highest BCUT2D eigenvalue weighted by Crippen LogP contribution is 2.46. The van der Waals surface area contributed by atoms with Gasteiger partial charge in [-0.25, -0.2) is 14.5 Å². The Morgan fingerprint density at radius 1 is 1.05 bits per heavy atom. The summed E-state index contributed by atoms with van der Waals surface area (Å²) in [4.78, 5) is 21.8. The highest BCUT2D eigenvalue weighted by molar-refractivity contribution is 7.52. The van der Waals surface area contributed by atoms with Gasteiger partial charge in [0.1, 0.15) is 23.1 Å². The number of aromatic nitrogens is 3. The van der Waals surface area contributed by atoms with Gasteiger partial charge in [-0.2, -0.15) is 5.09 Å². The van der Waals surface area contributed by atoms with Crippen LogP contribution in [-0.4, -0.2) is 45.3 Å². The van der Waals surface area contributed by atoms with Crippen LogP contribution >= 0.6 is 7.75 Å². The average molecular weight is 569 g/mol. The third kappa shape index (κ3) is 6.98. The van der Waals surface area contributed by atoms with E-state index in [1.165, 1.54) is 0 Å². The number of anilines is 1. The van der Waals surface area contributed by atoms with Crippen molar-refractivity contribution in [3.8, 4) is 5.75 Å². The summed E-state index contributed by atoms with van der Waals surface area (Å²) in [6, 6.07) is 15.4. The van der Waals surface area contributed by atoms with Gasteiger partial charge in [-0.1, -0.05) is 43.3 Å². The Balaban J connectivity index is 1.68. The molecule has 4 rings (SSSR count). The van der Waals surface area contributed by atoms with E-state index in [4.69, 9.17) is 24.5 Å². The number of hydrogen-bond donors (Lipinski definition) is 3. The van der Waals surface area contributed by atoms with E-state index in [2.05, 4.69) is 15.4 Å². The molecule has 0 saturated carbocycles. The molecule has 0 radical (unpaired) electrons. The van der Waals surface area contributed by atoms with Crippen LogP contribution in [0.5, 0.6) is 5.75 Å². The summed E-state index contributed by atoms with van der Waals surface area (Å²) >= 11 is 0. The van der Waals surface area contributed by atoms with Crippen molar-refractivity contribution in [1.29, 1.82) is 0 Å². The van der Waals surface area contributed by atoms with Crippen molar-refractivity contribution in [2.45, 2.75) is 66.0 Å². The SMILES string of the molecule is CCNCc1nc2c(N)nc3ccccc3c2n1C[C@@H](C)O[P@@](=O)(N[C@@H](C)C(=O)OC(C)C)Oc1ccccc1. The molecule has 0 aliphatic rings. The summed E-state index contributed by atoms with van der Waals surface area (Å²) in [6.07, 6.45) is -0.964. The third-order valence-corrected chi connectivity index (χ3v) is 7.80. The number of carbonyl (C=O) groups is 1. The highest BCUT2D eigenvalue weighted by Gasteiger charge is 2.35. The largest absolute Gasteiger partial charge is 0.462 e. The molecule has 0 saturated heterocycles. The molecule has 0 spiro atoms. The van der Waals surface area contributed by atoms with Crippen LogP contribution in [0.2, 0.25) is 0 Å². The smallest absolute Gasteiger partial charge is 0.459 e. The molecule has 4 aromatic rings. The lowest BCUT2D eigenvalue weighted by molar-refractivity contribution is -0.149. The van der Waals surface area contributed by atoms with Crippen molar-refractivity contribution in [1.82, 2.24) is 24.9 Å². The number of carbonyl (C=O) groups excluding carboxylic acids is 1. The van der Waals surface area contributed by atoms with Crippen molar-refractivity contribution in [3.63, 3.8) is 0 Å². The molecule has 4 N–H and O–H groups in total. The molecule has 0 bridgehead atoms. The van der Waals surface area contributed by atoms with Crippen molar-refractivity contribution in [2.24, 2.45) is 0 Å². The molecule has 2 heterocycles. The van der Waals surface area contributed by atoms with Gasteiger partial charge in [0, 0.05) is 5.39 Å². The van der Waals surface area contributed by atoms with E-state index in [1.54, 1.807) is 52.0 Å². The first-order chi connectivity index (χ1) is 19.1. The number of ether oxygens (including phenoxy) is 1. The first-order valence-electron chi connectivity index (χ1n) is 13.4. The molecule has 0 aliphatic heterocycles. The average Bonchev–Trinajstić information content (AvgIpc) is 3.26. The molecule has 214 valence electrons. The Morgan fingerprint density at radius 2 is 1.75 bits per heavy atom. The molecule has 2 aromatic carbocycles. The third-order valence-electron chi connectivity index (χ3n) is 6.01. The number of pyridine rings is 1. The number of hydrogen-bond acceptors (Lipinski definition) is 9. The van der Waals surface area contributed by atoms with Crippen LogP contribution in [0.4, 0.5) is 5.82 Å². The number of esters is 1. The number of para-hydroxylation sites is 2. The van der Waals surface area contributed by atoms with E-state index in [0.717, 1.165) is 28.8 Å². The lowest BCUT2D eigenvalue weighted by atomic mass is 10.2. The van der Waals surface area contributed by atoms with E-state index in [-0.39, 0.29) is 12.6 Å². The minimum absolute atomic E-state index is 0.277. The van der Waals surface area contributed by atoms with E-state index < -0.39 is 25.9 Å². The fourth-order valence-electron chi connectivity index (χ4n) is 4.32. The van der Waals surface area contributed by atoms with Gasteiger partial charge < -0.3 is 24.9 Å². The van der Waals surface area contributed by atoms with Crippen molar-refractivity contribution in [3.05, 3.63) is 60.4 Å². The summed E-state index contributed by atoms with van der Waals surface area (Å²) < 4.78 is 33.3. The molecule has 0 aliphatic carbocycles. The van der Waals surface area contributed by atoms with Gasteiger partial charge in [0.15, 0.2) is 5.82 Å². The standard InChI is InChI=1S/C28H37N6O5P/c1-6-30-16-24-32-25-26(22-14-10-11-15-23(22)31-27(25)29)34(24)17-19(4)38-40(36,39-21-12-8-7-9-13-21)33-20(5)28(35)37-18(2)3/h7-15,18-20,30H,6,16-17H2,1-5H3,(H2,29,31)(H,33,36)/t19-,20+,40+/m1/s1. The molecule has 11 nitrogen and oxygen atoms in total. The zero-order chi connectivity index (χ0) is 28.9. The molecule has 0 amide bonds. The molecule has 0 unspecified atom stereocenters. The molecular weight excluding hydrogens is 531 g/mol. The fourth-order valence-corrected chi connectivity index (χ4v) is 6.00. The molecule has 2 aromatic heterocycles. The Kier molecular flexibility index (Phi) is 9.42. The summed E-state index contributed by atoms with van der Waals surface area (Å²) in [7, 11) is -4.06. The Labute approximate surface area is 234 Å². The lowest BCUT2D eigenvalue weighted by Gasteiger charge is -2.26. The van der Waals surface area contributed by atoms with Gasteiger partial charge in [0.05, 0.1) is 36.3 Å². The van der Waals surface area contributed by atoms with Crippen molar-refractivity contribution >= 4 is 41.5 Å². The van der Waals surface area contributed by atoms with Crippen LogP contribution in [0.3, 0.4) is 0 Å². The second-order valence-corrected chi connectivity index (χ2v) is 11.4. The van der Waals surface area contributed by atoms with Gasteiger partial charge in [-0.3, -0.25) is 9.32 Å². The van der Waals surface area contributed by atoms with Crippen molar-refractivity contribution < 1.29 is 23.1 Å². The molecule has 12 heteroatoms. The Morgan fingerprint density at radius 3 is 2.45 bits per heavy atom. The number of nitrogens with one attached hydrogen (secondary N) is 2. The van der Waals surface area contributed by atoms with Crippen LogP contribution < -0.4 is 20.7 Å². The van der Waals surface area contributed by atoms with E-state index in [0.29, 0.717) is 23.6 Å². The number of imidazole rings is 1. The minimum Gasteiger partial charge on any atom is -0.462 e. The predicted molar refractivity (Wildman–Crippen MR) is 156 cm³/mol. The Bertz CT molecular complexity index is 1510. The zero-order valence-electron chi connectivity index (χ0n) is 23.5. The zero-order valence-corrected chi connectivity index (χ0v) is 24.4. The topological polar surface area (TPSA) is 143 Å². The van der Waals surface area contributed by atoms with Gasteiger partial charge in [-0.05, 0) is 52.4 Å². The monoisotopic (exact) mass is 568 g/mol. The molecule has 40 heavy (non-hydrogen) atoms. The maximum atomic E-state index is 14.1. The number of nitrogens with two attached hydrogens (primary N) is 1. The number of benzene rings is 2. The van der Waals surface area contributed by atoms with Gasteiger partial charge >= 0.3 is 13.7 Å². The first-order valence-corrected chi connectivity index (χ1v) is 14.9. The van der Waals surface area contributed by atoms with Gasteiger partial charge in [0.25, 0.3) is 0 Å². The van der Waals surface area contributed by atoms with Crippen LogP contribution in [-0.2, 0) is 31.7 Å². The van der Waals surface area contributed by atoms with E-state index >= 15 is 0 Å². The fraction of sp³-hybridized carbons (Fsp3) is 0.393.